The molecule has 1 N–H and O–H groups in total. The number of aromatic nitrogens is 2. The van der Waals surface area contributed by atoms with Crippen LogP contribution in [0.4, 0.5) is 0 Å². The van der Waals surface area contributed by atoms with Crippen molar-refractivity contribution < 1.29 is 4.79 Å². The molecule has 1 aliphatic heterocycles. The molecule has 1 fully saturated rings. The second kappa shape index (κ2) is 6.03. The van der Waals surface area contributed by atoms with Gasteiger partial charge in [0.25, 0.3) is 5.91 Å². The number of thiazole rings is 1. The summed E-state index contributed by atoms with van der Waals surface area (Å²) < 4.78 is 2.04. The maximum atomic E-state index is 12.7. The highest BCUT2D eigenvalue weighted by Crippen LogP contribution is 2.28. The van der Waals surface area contributed by atoms with Gasteiger partial charge in [0, 0.05) is 43.6 Å². The molecule has 0 unspecified atom stereocenters. The molecule has 0 atom stereocenters. The topological polar surface area (TPSA) is 49.6 Å². The van der Waals surface area contributed by atoms with Gasteiger partial charge in [0.2, 0.25) is 0 Å². The molecule has 2 aromatic heterocycles. The Morgan fingerprint density at radius 1 is 1.17 bits per heavy atom. The van der Waals surface area contributed by atoms with Crippen LogP contribution in [0.5, 0.6) is 0 Å². The zero-order chi connectivity index (χ0) is 16.7. The molecule has 3 aromatic rings. The Labute approximate surface area is 144 Å². The SMILES string of the molecule is Cc1ccc(-c2cn3c(C)c(C(=O)N4CCNCC4)sc3n2)cc1. The summed E-state index contributed by atoms with van der Waals surface area (Å²) in [6.45, 7) is 7.35. The fourth-order valence-corrected chi connectivity index (χ4v) is 4.10. The van der Waals surface area contributed by atoms with Gasteiger partial charge in [0.05, 0.1) is 5.69 Å². The predicted octanol–water partition coefficient (Wildman–Crippen LogP) is 2.73. The summed E-state index contributed by atoms with van der Waals surface area (Å²) in [6, 6.07) is 8.36. The average molecular weight is 340 g/mol. The molecule has 124 valence electrons. The molecule has 0 aliphatic carbocycles. The van der Waals surface area contributed by atoms with Crippen LogP contribution in [0, 0.1) is 13.8 Å². The molecule has 1 aliphatic rings. The summed E-state index contributed by atoms with van der Waals surface area (Å²) in [5.74, 6) is 0.126. The molecule has 24 heavy (non-hydrogen) atoms. The second-order valence-corrected chi connectivity index (χ2v) is 7.18. The van der Waals surface area contributed by atoms with E-state index < -0.39 is 0 Å². The summed E-state index contributed by atoms with van der Waals surface area (Å²) in [6.07, 6.45) is 2.03. The van der Waals surface area contributed by atoms with Gasteiger partial charge >= 0.3 is 0 Å². The normalized spacial score (nSPS) is 15.2. The molecule has 1 aromatic carbocycles. The Hall–Kier alpha value is -2.18. The van der Waals surface area contributed by atoms with E-state index in [4.69, 9.17) is 4.98 Å². The number of imidazole rings is 1. The standard InChI is InChI=1S/C18H20N4OS/c1-12-3-5-14(6-4-12)15-11-22-13(2)16(24-18(22)20-15)17(23)21-9-7-19-8-10-21/h3-6,11,19H,7-10H2,1-2H3. The van der Waals surface area contributed by atoms with Crippen molar-refractivity contribution in [3.8, 4) is 11.3 Å². The van der Waals surface area contributed by atoms with Crippen molar-refractivity contribution in [3.05, 3.63) is 46.6 Å². The van der Waals surface area contributed by atoms with Crippen molar-refractivity contribution >= 4 is 22.2 Å². The smallest absolute Gasteiger partial charge is 0.265 e. The largest absolute Gasteiger partial charge is 0.335 e. The highest BCUT2D eigenvalue weighted by molar-refractivity contribution is 7.19. The number of aryl methyl sites for hydroxylation is 2. The number of amides is 1. The lowest BCUT2D eigenvalue weighted by Crippen LogP contribution is -2.46. The van der Waals surface area contributed by atoms with Crippen LogP contribution in [0.3, 0.4) is 0 Å². The molecule has 1 amide bonds. The van der Waals surface area contributed by atoms with Crippen LogP contribution < -0.4 is 5.32 Å². The monoisotopic (exact) mass is 340 g/mol. The quantitative estimate of drug-likeness (QED) is 0.780. The van der Waals surface area contributed by atoms with Gasteiger partial charge in [0.15, 0.2) is 4.96 Å². The first-order valence-corrected chi connectivity index (χ1v) is 9.00. The van der Waals surface area contributed by atoms with Gasteiger partial charge in [-0.2, -0.15) is 0 Å². The maximum Gasteiger partial charge on any atom is 0.265 e. The van der Waals surface area contributed by atoms with Crippen LogP contribution in [-0.2, 0) is 0 Å². The lowest BCUT2D eigenvalue weighted by atomic mass is 10.1. The van der Waals surface area contributed by atoms with E-state index in [-0.39, 0.29) is 5.91 Å². The van der Waals surface area contributed by atoms with Crippen molar-refractivity contribution in [1.82, 2.24) is 19.6 Å². The fraction of sp³-hybridized carbons (Fsp3) is 0.333. The van der Waals surface area contributed by atoms with E-state index in [9.17, 15) is 4.79 Å². The third-order valence-corrected chi connectivity index (χ3v) is 5.65. The Kier molecular flexibility index (Phi) is 3.86. The number of benzene rings is 1. The molecule has 4 rings (SSSR count). The number of rotatable bonds is 2. The first kappa shape index (κ1) is 15.4. The van der Waals surface area contributed by atoms with Crippen LogP contribution in [0.1, 0.15) is 20.9 Å². The van der Waals surface area contributed by atoms with Crippen LogP contribution in [0.25, 0.3) is 16.2 Å². The number of carbonyl (C=O) groups excluding carboxylic acids is 1. The van der Waals surface area contributed by atoms with Crippen molar-refractivity contribution in [3.63, 3.8) is 0 Å². The molecular weight excluding hydrogens is 320 g/mol. The van der Waals surface area contributed by atoms with Gasteiger partial charge < -0.3 is 10.2 Å². The van der Waals surface area contributed by atoms with Gasteiger partial charge in [0.1, 0.15) is 4.88 Å². The van der Waals surface area contributed by atoms with Crippen molar-refractivity contribution in [2.45, 2.75) is 13.8 Å². The van der Waals surface area contributed by atoms with Gasteiger partial charge in [-0.3, -0.25) is 9.20 Å². The summed E-state index contributed by atoms with van der Waals surface area (Å²) in [5.41, 5.74) is 4.26. The van der Waals surface area contributed by atoms with E-state index in [1.807, 2.05) is 22.4 Å². The maximum absolute atomic E-state index is 12.7. The van der Waals surface area contributed by atoms with E-state index in [1.54, 1.807) is 0 Å². The zero-order valence-corrected chi connectivity index (χ0v) is 14.7. The average Bonchev–Trinajstić information content (AvgIpc) is 3.15. The fourth-order valence-electron chi connectivity index (χ4n) is 3.02. The van der Waals surface area contributed by atoms with Gasteiger partial charge in [-0.05, 0) is 13.8 Å². The molecule has 0 saturated carbocycles. The molecule has 1 saturated heterocycles. The number of nitrogens with one attached hydrogen (secondary N) is 1. The number of hydrogen-bond donors (Lipinski definition) is 1. The highest BCUT2D eigenvalue weighted by atomic mass is 32.1. The minimum absolute atomic E-state index is 0.126. The Morgan fingerprint density at radius 2 is 1.88 bits per heavy atom. The summed E-state index contributed by atoms with van der Waals surface area (Å²) in [4.78, 5) is 21.1. The van der Waals surface area contributed by atoms with Gasteiger partial charge in [-0.15, -0.1) is 0 Å². The first-order valence-electron chi connectivity index (χ1n) is 8.19. The molecule has 6 heteroatoms. The minimum Gasteiger partial charge on any atom is -0.335 e. The zero-order valence-electron chi connectivity index (χ0n) is 13.9. The Bertz CT molecular complexity index is 888. The molecule has 0 spiro atoms. The number of hydrogen-bond acceptors (Lipinski definition) is 4. The predicted molar refractivity (Wildman–Crippen MR) is 96.8 cm³/mol. The van der Waals surface area contributed by atoms with Gasteiger partial charge in [-0.25, -0.2) is 4.98 Å². The van der Waals surface area contributed by atoms with Crippen LogP contribution in [-0.4, -0.2) is 46.4 Å². The Balaban J connectivity index is 1.67. The number of piperazine rings is 1. The lowest BCUT2D eigenvalue weighted by molar-refractivity contribution is 0.0739. The van der Waals surface area contributed by atoms with Crippen LogP contribution in [0.15, 0.2) is 30.5 Å². The Morgan fingerprint density at radius 3 is 2.54 bits per heavy atom. The van der Waals surface area contributed by atoms with Crippen LogP contribution in [0.2, 0.25) is 0 Å². The highest BCUT2D eigenvalue weighted by Gasteiger charge is 2.23. The molecule has 0 bridgehead atoms. The van der Waals surface area contributed by atoms with Crippen LogP contribution >= 0.6 is 11.3 Å². The van der Waals surface area contributed by atoms with Gasteiger partial charge in [-0.1, -0.05) is 41.2 Å². The minimum atomic E-state index is 0.126. The van der Waals surface area contributed by atoms with Crippen molar-refractivity contribution in [2.24, 2.45) is 0 Å². The van der Waals surface area contributed by atoms with E-state index >= 15 is 0 Å². The lowest BCUT2D eigenvalue weighted by Gasteiger charge is -2.27. The summed E-state index contributed by atoms with van der Waals surface area (Å²) in [5, 5.41) is 3.28. The second-order valence-electron chi connectivity index (χ2n) is 6.20. The first-order chi connectivity index (χ1) is 11.6. The number of fused-ring (bicyclic) bond motifs is 1. The van der Waals surface area contributed by atoms with Crippen molar-refractivity contribution in [2.75, 3.05) is 26.2 Å². The molecule has 3 heterocycles. The molecule has 0 radical (unpaired) electrons. The number of carbonyl (C=O) groups is 1. The third kappa shape index (κ3) is 2.61. The van der Waals surface area contributed by atoms with E-state index in [2.05, 4.69) is 36.5 Å². The van der Waals surface area contributed by atoms with E-state index in [0.29, 0.717) is 0 Å². The van der Waals surface area contributed by atoms with E-state index in [0.717, 1.165) is 53.0 Å². The van der Waals surface area contributed by atoms with Crippen molar-refractivity contribution in [1.29, 1.82) is 0 Å². The molecular formula is C18H20N4OS. The number of nitrogens with zero attached hydrogens (tertiary/aromatic N) is 3. The van der Waals surface area contributed by atoms with E-state index in [1.165, 1.54) is 16.9 Å². The summed E-state index contributed by atoms with van der Waals surface area (Å²) >= 11 is 1.48. The third-order valence-electron chi connectivity index (χ3n) is 4.50. The molecule has 5 nitrogen and oxygen atoms in total. The summed E-state index contributed by atoms with van der Waals surface area (Å²) in [7, 11) is 0.